The maximum Gasteiger partial charge on any atom is 0.0239 e. The highest BCUT2D eigenvalue weighted by Gasteiger charge is 2.27. The fourth-order valence-electron chi connectivity index (χ4n) is 2.50. The van der Waals surface area contributed by atoms with Gasteiger partial charge >= 0.3 is 0 Å². The second kappa shape index (κ2) is 6.06. The summed E-state index contributed by atoms with van der Waals surface area (Å²) in [5.41, 5.74) is 2.95. The Morgan fingerprint density at radius 3 is 2.86 bits per heavy atom. The van der Waals surface area contributed by atoms with Crippen molar-refractivity contribution in [2.75, 3.05) is 0 Å². The number of nitrogens with one attached hydrogen (secondary N) is 1. The van der Waals surface area contributed by atoms with Gasteiger partial charge in [0, 0.05) is 12.5 Å². The largest absolute Gasteiger partial charge is 0.271 e. The molecular formula is C12H22N2. The van der Waals surface area contributed by atoms with Crippen molar-refractivity contribution in [3.8, 4) is 12.3 Å². The lowest BCUT2D eigenvalue weighted by molar-refractivity contribution is 0.332. The topological polar surface area (TPSA) is 38.0 Å². The van der Waals surface area contributed by atoms with Crippen molar-refractivity contribution in [2.45, 2.75) is 51.5 Å². The predicted octanol–water partition coefficient (Wildman–Crippen LogP) is 2.06. The summed E-state index contributed by atoms with van der Waals surface area (Å²) < 4.78 is 0. The molecule has 1 fully saturated rings. The number of nitrogens with two attached hydrogens (primary N) is 1. The Balaban J connectivity index is 2.27. The molecule has 2 heteroatoms. The van der Waals surface area contributed by atoms with Crippen LogP contribution in [0, 0.1) is 24.2 Å². The fourth-order valence-corrected chi connectivity index (χ4v) is 2.50. The van der Waals surface area contributed by atoms with Gasteiger partial charge in [0.05, 0.1) is 0 Å². The van der Waals surface area contributed by atoms with E-state index in [9.17, 15) is 0 Å². The summed E-state index contributed by atoms with van der Waals surface area (Å²) in [5.74, 6) is 9.91. The third kappa shape index (κ3) is 3.32. The minimum absolute atomic E-state index is 0.480. The molecule has 0 spiro atoms. The molecule has 3 unspecified atom stereocenters. The highest BCUT2D eigenvalue weighted by molar-refractivity contribution is 4.86. The van der Waals surface area contributed by atoms with E-state index >= 15 is 0 Å². The normalized spacial score (nSPS) is 28.6. The molecule has 3 atom stereocenters. The Kier molecular flexibility index (Phi) is 5.00. The standard InChI is InChI=1S/C12H22N2/c1-3-4-5-6-12(14-13)11-8-7-10(2)9-11/h1,10-12,14H,4-9,13H2,2H3. The second-order valence-corrected chi connectivity index (χ2v) is 4.55. The Morgan fingerprint density at radius 2 is 2.36 bits per heavy atom. The Labute approximate surface area is 87.6 Å². The Morgan fingerprint density at radius 1 is 1.57 bits per heavy atom. The van der Waals surface area contributed by atoms with Gasteiger partial charge in [0.25, 0.3) is 0 Å². The molecule has 2 nitrogen and oxygen atoms in total. The summed E-state index contributed by atoms with van der Waals surface area (Å²) in [6, 6.07) is 0.480. The summed E-state index contributed by atoms with van der Waals surface area (Å²) in [4.78, 5) is 0. The van der Waals surface area contributed by atoms with Crippen LogP contribution in [-0.4, -0.2) is 6.04 Å². The molecule has 0 amide bonds. The molecule has 1 rings (SSSR count). The second-order valence-electron chi connectivity index (χ2n) is 4.55. The molecule has 0 aromatic heterocycles. The Hall–Kier alpha value is -0.520. The first-order chi connectivity index (χ1) is 6.77. The van der Waals surface area contributed by atoms with Gasteiger partial charge in [-0.05, 0) is 37.5 Å². The van der Waals surface area contributed by atoms with Crippen molar-refractivity contribution < 1.29 is 0 Å². The van der Waals surface area contributed by atoms with E-state index in [4.69, 9.17) is 12.3 Å². The fraction of sp³-hybridized carbons (Fsp3) is 0.833. The molecule has 0 aromatic carbocycles. The SMILES string of the molecule is C#CCCCC(NN)C1CCC(C)C1. The molecule has 1 aliphatic carbocycles. The van der Waals surface area contributed by atoms with E-state index in [2.05, 4.69) is 18.3 Å². The van der Waals surface area contributed by atoms with Gasteiger partial charge < -0.3 is 0 Å². The third-order valence-corrected chi connectivity index (χ3v) is 3.35. The molecule has 0 saturated heterocycles. The van der Waals surface area contributed by atoms with E-state index < -0.39 is 0 Å². The van der Waals surface area contributed by atoms with E-state index in [1.807, 2.05) is 0 Å². The molecule has 0 aromatic rings. The van der Waals surface area contributed by atoms with Crippen LogP contribution in [0.1, 0.15) is 45.4 Å². The van der Waals surface area contributed by atoms with Gasteiger partial charge in [-0.3, -0.25) is 11.3 Å². The van der Waals surface area contributed by atoms with Gasteiger partial charge in [-0.15, -0.1) is 12.3 Å². The molecule has 80 valence electrons. The van der Waals surface area contributed by atoms with Crippen LogP contribution >= 0.6 is 0 Å². The van der Waals surface area contributed by atoms with Crippen LogP contribution in [0.4, 0.5) is 0 Å². The molecule has 0 heterocycles. The summed E-state index contributed by atoms with van der Waals surface area (Å²) in [6.45, 7) is 2.33. The first-order valence-corrected chi connectivity index (χ1v) is 5.67. The molecule has 0 radical (unpaired) electrons. The smallest absolute Gasteiger partial charge is 0.0239 e. The van der Waals surface area contributed by atoms with E-state index in [1.54, 1.807) is 0 Å². The number of terminal acetylenes is 1. The molecular weight excluding hydrogens is 172 g/mol. The predicted molar refractivity (Wildman–Crippen MR) is 60.3 cm³/mol. The molecule has 0 bridgehead atoms. The monoisotopic (exact) mass is 194 g/mol. The molecule has 14 heavy (non-hydrogen) atoms. The number of hydrogen-bond acceptors (Lipinski definition) is 2. The number of rotatable bonds is 5. The van der Waals surface area contributed by atoms with Crippen molar-refractivity contribution >= 4 is 0 Å². The van der Waals surface area contributed by atoms with E-state index in [-0.39, 0.29) is 0 Å². The van der Waals surface area contributed by atoms with Gasteiger partial charge in [-0.1, -0.05) is 13.3 Å². The van der Waals surface area contributed by atoms with Crippen LogP contribution in [0.5, 0.6) is 0 Å². The van der Waals surface area contributed by atoms with E-state index in [0.29, 0.717) is 6.04 Å². The van der Waals surface area contributed by atoms with Crippen LogP contribution in [0.3, 0.4) is 0 Å². The minimum atomic E-state index is 0.480. The van der Waals surface area contributed by atoms with E-state index in [0.717, 1.165) is 31.1 Å². The maximum absolute atomic E-state index is 5.58. The van der Waals surface area contributed by atoms with Crippen molar-refractivity contribution in [1.29, 1.82) is 0 Å². The number of unbranched alkanes of at least 4 members (excludes halogenated alkanes) is 1. The van der Waals surface area contributed by atoms with Crippen LogP contribution in [0.25, 0.3) is 0 Å². The minimum Gasteiger partial charge on any atom is -0.271 e. The number of hydrazine groups is 1. The lowest BCUT2D eigenvalue weighted by Crippen LogP contribution is -2.40. The van der Waals surface area contributed by atoms with Crippen molar-refractivity contribution in [3.63, 3.8) is 0 Å². The van der Waals surface area contributed by atoms with Gasteiger partial charge in [0.2, 0.25) is 0 Å². The summed E-state index contributed by atoms with van der Waals surface area (Å²) in [5, 5.41) is 0. The third-order valence-electron chi connectivity index (χ3n) is 3.35. The first kappa shape index (κ1) is 11.6. The van der Waals surface area contributed by atoms with Gasteiger partial charge in [-0.25, -0.2) is 0 Å². The summed E-state index contributed by atoms with van der Waals surface area (Å²) >= 11 is 0. The molecule has 1 aliphatic rings. The highest BCUT2D eigenvalue weighted by atomic mass is 15.2. The lowest BCUT2D eigenvalue weighted by atomic mass is 9.93. The molecule has 3 N–H and O–H groups in total. The molecule has 0 aliphatic heterocycles. The Bertz CT molecular complexity index is 195. The van der Waals surface area contributed by atoms with Crippen LogP contribution in [0.15, 0.2) is 0 Å². The van der Waals surface area contributed by atoms with Gasteiger partial charge in [-0.2, -0.15) is 0 Å². The van der Waals surface area contributed by atoms with E-state index in [1.165, 1.54) is 19.3 Å². The average molecular weight is 194 g/mol. The quantitative estimate of drug-likeness (QED) is 0.304. The molecule has 1 saturated carbocycles. The van der Waals surface area contributed by atoms with Gasteiger partial charge in [0.1, 0.15) is 0 Å². The average Bonchev–Trinajstić information content (AvgIpc) is 2.60. The zero-order chi connectivity index (χ0) is 10.4. The highest BCUT2D eigenvalue weighted by Crippen LogP contribution is 2.33. The first-order valence-electron chi connectivity index (χ1n) is 5.67. The lowest BCUT2D eigenvalue weighted by Gasteiger charge is -2.22. The number of hydrogen-bond donors (Lipinski definition) is 2. The van der Waals surface area contributed by atoms with Crippen LogP contribution in [0.2, 0.25) is 0 Å². The summed E-state index contributed by atoms with van der Waals surface area (Å²) in [7, 11) is 0. The van der Waals surface area contributed by atoms with Crippen LogP contribution in [-0.2, 0) is 0 Å². The maximum atomic E-state index is 5.58. The zero-order valence-electron chi connectivity index (χ0n) is 9.13. The van der Waals surface area contributed by atoms with Crippen LogP contribution < -0.4 is 11.3 Å². The zero-order valence-corrected chi connectivity index (χ0v) is 9.13. The van der Waals surface area contributed by atoms with Gasteiger partial charge in [0.15, 0.2) is 0 Å². The van der Waals surface area contributed by atoms with Crippen molar-refractivity contribution in [1.82, 2.24) is 5.43 Å². The van der Waals surface area contributed by atoms with Crippen molar-refractivity contribution in [3.05, 3.63) is 0 Å². The summed E-state index contributed by atoms with van der Waals surface area (Å²) in [6.07, 6.45) is 12.3. The van der Waals surface area contributed by atoms with Crippen molar-refractivity contribution in [2.24, 2.45) is 17.7 Å².